The summed E-state index contributed by atoms with van der Waals surface area (Å²) in [5, 5.41) is 0. The van der Waals surface area contributed by atoms with Crippen molar-refractivity contribution >= 4 is 0 Å². The average molecular weight is 533 g/mol. The minimum Gasteiger partial charge on any atom is -0.493 e. The van der Waals surface area contributed by atoms with Gasteiger partial charge in [-0.2, -0.15) is 0 Å². The van der Waals surface area contributed by atoms with Gasteiger partial charge in [0.1, 0.15) is 17.4 Å². The van der Waals surface area contributed by atoms with Crippen molar-refractivity contribution < 1.29 is 13.5 Å². The van der Waals surface area contributed by atoms with E-state index in [1.54, 1.807) is 0 Å². The van der Waals surface area contributed by atoms with Crippen LogP contribution in [0.25, 0.3) is 22.3 Å². The third-order valence-corrected chi connectivity index (χ3v) is 9.37. The Morgan fingerprint density at radius 2 is 1.36 bits per heavy atom. The lowest BCUT2D eigenvalue weighted by molar-refractivity contribution is 0.151. The van der Waals surface area contributed by atoms with E-state index in [2.05, 4.69) is 46.8 Å². The molecule has 3 aromatic carbocycles. The van der Waals surface area contributed by atoms with E-state index in [4.69, 9.17) is 4.74 Å². The molecule has 0 amide bonds. The van der Waals surface area contributed by atoms with Crippen LogP contribution < -0.4 is 4.74 Å². The second-order valence-electron chi connectivity index (χ2n) is 12.0. The molecule has 0 aromatic heterocycles. The molecule has 39 heavy (non-hydrogen) atoms. The molecule has 1 aliphatic carbocycles. The van der Waals surface area contributed by atoms with E-state index in [9.17, 15) is 0 Å². The summed E-state index contributed by atoms with van der Waals surface area (Å²) < 4.78 is 37.6. The maximum Gasteiger partial charge on any atom is 0.134 e. The lowest BCUT2D eigenvalue weighted by Crippen LogP contribution is -2.23. The number of aryl methyl sites for hydroxylation is 2. The van der Waals surface area contributed by atoms with E-state index in [1.165, 1.54) is 43.4 Å². The Morgan fingerprint density at radius 1 is 0.769 bits per heavy atom. The van der Waals surface area contributed by atoms with Gasteiger partial charge in [-0.25, -0.2) is 8.78 Å². The molecule has 0 unspecified atom stereocenters. The van der Waals surface area contributed by atoms with Gasteiger partial charge in [0.15, 0.2) is 0 Å². The van der Waals surface area contributed by atoms with Crippen LogP contribution in [0.3, 0.4) is 0 Å². The third kappa shape index (κ3) is 6.56. The Kier molecular flexibility index (Phi) is 9.51. The highest BCUT2D eigenvalue weighted by atomic mass is 19.1. The first-order valence-corrected chi connectivity index (χ1v) is 15.1. The molecule has 0 atom stereocenters. The maximum absolute atomic E-state index is 15.7. The van der Waals surface area contributed by atoms with Gasteiger partial charge < -0.3 is 4.74 Å². The fraction of sp³-hybridized carbons (Fsp3) is 0.500. The summed E-state index contributed by atoms with van der Waals surface area (Å²) in [6.45, 7) is 13.7. The van der Waals surface area contributed by atoms with Crippen LogP contribution in [0.5, 0.6) is 5.75 Å². The Labute approximate surface area is 235 Å². The molecule has 4 rings (SSSR count). The van der Waals surface area contributed by atoms with Crippen LogP contribution in [-0.2, 0) is 12.8 Å². The number of rotatable bonds is 10. The molecule has 1 aliphatic rings. The van der Waals surface area contributed by atoms with E-state index < -0.39 is 11.6 Å². The van der Waals surface area contributed by atoms with Gasteiger partial charge in [-0.1, -0.05) is 78.6 Å². The second kappa shape index (κ2) is 12.7. The Balaban J connectivity index is 1.63. The fourth-order valence-corrected chi connectivity index (χ4v) is 5.85. The van der Waals surface area contributed by atoms with Gasteiger partial charge in [0.2, 0.25) is 0 Å². The van der Waals surface area contributed by atoms with Crippen molar-refractivity contribution in [3.05, 3.63) is 76.9 Å². The van der Waals surface area contributed by atoms with E-state index in [0.29, 0.717) is 30.1 Å². The van der Waals surface area contributed by atoms with Gasteiger partial charge in [-0.15, -0.1) is 0 Å². The van der Waals surface area contributed by atoms with Crippen molar-refractivity contribution in [1.29, 1.82) is 0 Å². The molecule has 0 N–H and O–H groups in total. The lowest BCUT2D eigenvalue weighted by Gasteiger charge is -2.27. The van der Waals surface area contributed by atoms with Crippen LogP contribution in [0.2, 0.25) is 0 Å². The Morgan fingerprint density at radius 3 is 1.90 bits per heavy atom. The molecule has 0 radical (unpaired) electrons. The molecule has 0 saturated heterocycles. The van der Waals surface area contributed by atoms with Crippen molar-refractivity contribution in [1.82, 2.24) is 0 Å². The molecule has 0 heterocycles. The maximum atomic E-state index is 15.7. The highest BCUT2D eigenvalue weighted by molar-refractivity contribution is 5.75. The zero-order valence-corrected chi connectivity index (χ0v) is 24.8. The highest BCUT2D eigenvalue weighted by Gasteiger charge is 2.24. The smallest absolute Gasteiger partial charge is 0.134 e. The molecule has 1 saturated carbocycles. The van der Waals surface area contributed by atoms with Crippen LogP contribution >= 0.6 is 0 Å². The van der Waals surface area contributed by atoms with E-state index in [0.717, 1.165) is 47.6 Å². The largest absolute Gasteiger partial charge is 0.493 e. The molecular formula is C36H46F2O. The van der Waals surface area contributed by atoms with Gasteiger partial charge >= 0.3 is 0 Å². The van der Waals surface area contributed by atoms with E-state index in [1.807, 2.05) is 31.2 Å². The van der Waals surface area contributed by atoms with Crippen molar-refractivity contribution in [2.24, 2.45) is 11.3 Å². The number of ether oxygens (including phenoxy) is 1. The summed E-state index contributed by atoms with van der Waals surface area (Å²) in [5.74, 6) is 1.19. The quantitative estimate of drug-likeness (QED) is 0.252. The summed E-state index contributed by atoms with van der Waals surface area (Å²) in [4.78, 5) is 0. The van der Waals surface area contributed by atoms with Crippen molar-refractivity contribution in [3.63, 3.8) is 0 Å². The molecular weight excluding hydrogens is 486 g/mol. The minimum absolute atomic E-state index is 0.0525. The molecule has 0 bridgehead atoms. The number of hydrogen-bond donors (Lipinski definition) is 0. The van der Waals surface area contributed by atoms with E-state index in [-0.39, 0.29) is 11.0 Å². The van der Waals surface area contributed by atoms with Gasteiger partial charge in [-0.3, -0.25) is 0 Å². The SMILES string of the molecule is CCc1cc(-c2c(F)cc(-c3ccc(C4CCC(C)CC4)cc3)cc2F)c(CC)cc1OCC(C)(CC)CC. The van der Waals surface area contributed by atoms with Gasteiger partial charge in [-0.05, 0) is 108 Å². The van der Waals surface area contributed by atoms with E-state index >= 15 is 8.78 Å². The van der Waals surface area contributed by atoms with Crippen LogP contribution in [0.1, 0.15) is 103 Å². The molecule has 3 aromatic rings. The molecule has 0 aliphatic heterocycles. The Bertz CT molecular complexity index is 1220. The molecule has 3 heteroatoms. The number of halogens is 2. The summed E-state index contributed by atoms with van der Waals surface area (Å²) in [5.41, 5.74) is 5.41. The van der Waals surface area contributed by atoms with Crippen LogP contribution in [-0.4, -0.2) is 6.61 Å². The predicted molar refractivity (Wildman–Crippen MR) is 161 cm³/mol. The van der Waals surface area contributed by atoms with Gasteiger partial charge in [0.25, 0.3) is 0 Å². The van der Waals surface area contributed by atoms with Crippen LogP contribution in [0, 0.1) is 23.0 Å². The average Bonchev–Trinajstić information content (AvgIpc) is 2.96. The summed E-state index contributed by atoms with van der Waals surface area (Å²) >= 11 is 0. The normalized spacial score (nSPS) is 17.8. The molecule has 210 valence electrons. The van der Waals surface area contributed by atoms with Crippen molar-refractivity contribution in [2.75, 3.05) is 6.61 Å². The fourth-order valence-electron chi connectivity index (χ4n) is 5.85. The van der Waals surface area contributed by atoms with Crippen molar-refractivity contribution in [2.45, 2.75) is 98.8 Å². The number of hydrogen-bond acceptors (Lipinski definition) is 1. The zero-order valence-electron chi connectivity index (χ0n) is 24.8. The first kappa shape index (κ1) is 29.3. The van der Waals surface area contributed by atoms with Crippen molar-refractivity contribution in [3.8, 4) is 28.0 Å². The summed E-state index contributed by atoms with van der Waals surface area (Å²) in [6.07, 6.45) is 8.45. The summed E-state index contributed by atoms with van der Waals surface area (Å²) in [7, 11) is 0. The van der Waals surface area contributed by atoms with Crippen LogP contribution in [0.4, 0.5) is 8.78 Å². The predicted octanol–water partition coefficient (Wildman–Crippen LogP) is 10.9. The zero-order chi connectivity index (χ0) is 28.2. The second-order valence-corrected chi connectivity index (χ2v) is 12.0. The molecule has 1 fully saturated rings. The molecule has 0 spiro atoms. The number of benzene rings is 3. The molecule has 1 nitrogen and oxygen atoms in total. The monoisotopic (exact) mass is 532 g/mol. The highest BCUT2D eigenvalue weighted by Crippen LogP contribution is 2.39. The minimum atomic E-state index is -0.523. The lowest BCUT2D eigenvalue weighted by atomic mass is 9.79. The van der Waals surface area contributed by atoms with Gasteiger partial charge in [0.05, 0.1) is 12.2 Å². The van der Waals surface area contributed by atoms with Crippen LogP contribution in [0.15, 0.2) is 48.5 Å². The standard InChI is InChI=1S/C36H46F2O/c1-7-25-22-34(39-23-36(6,9-3)10-4)26(8-2)19-31(25)35-32(37)20-30(21-33(35)38)29-17-15-28(16-18-29)27-13-11-24(5)12-14-27/h15-22,24,27H,7-14,23H2,1-6H3. The summed E-state index contributed by atoms with van der Waals surface area (Å²) in [6, 6.07) is 15.2. The van der Waals surface area contributed by atoms with Gasteiger partial charge in [0, 0.05) is 5.41 Å². The first-order valence-electron chi connectivity index (χ1n) is 15.1. The topological polar surface area (TPSA) is 9.23 Å². The first-order chi connectivity index (χ1) is 18.7. The third-order valence-electron chi connectivity index (χ3n) is 9.37. The Hall–Kier alpha value is -2.68.